The van der Waals surface area contributed by atoms with Crippen molar-refractivity contribution in [3.63, 3.8) is 0 Å². The molecule has 20 heavy (non-hydrogen) atoms. The Kier molecular flexibility index (Phi) is 4.08. The summed E-state index contributed by atoms with van der Waals surface area (Å²) >= 11 is 0. The molecule has 1 aliphatic heterocycles. The molecule has 3 rings (SSSR count). The van der Waals surface area contributed by atoms with Crippen LogP contribution in [0.3, 0.4) is 0 Å². The summed E-state index contributed by atoms with van der Waals surface area (Å²) in [6.07, 6.45) is 3.82. The fraction of sp³-hybridized carbons (Fsp3) is 0.467. The molecule has 0 spiro atoms. The van der Waals surface area contributed by atoms with Gasteiger partial charge in [-0.2, -0.15) is 4.98 Å². The van der Waals surface area contributed by atoms with Crippen molar-refractivity contribution in [3.8, 4) is 0 Å². The second-order valence-corrected chi connectivity index (χ2v) is 5.18. The molecule has 2 unspecified atom stereocenters. The molecular weight excluding hydrogens is 254 g/mol. The quantitative estimate of drug-likeness (QED) is 0.902. The van der Waals surface area contributed by atoms with Gasteiger partial charge in [0, 0.05) is 13.0 Å². The first-order chi connectivity index (χ1) is 9.81. The number of nitrogens with two attached hydrogens (primary N) is 1. The lowest BCUT2D eigenvalue weighted by atomic mass is 10.1. The Hall–Kier alpha value is -1.72. The largest absolute Gasteiger partial charge is 0.378 e. The van der Waals surface area contributed by atoms with Gasteiger partial charge >= 0.3 is 0 Å². The van der Waals surface area contributed by atoms with Crippen LogP contribution in [0, 0.1) is 0 Å². The van der Waals surface area contributed by atoms with Crippen molar-refractivity contribution >= 4 is 0 Å². The second kappa shape index (κ2) is 6.15. The number of nitrogens with zero attached hydrogens (tertiary/aromatic N) is 2. The molecule has 1 fully saturated rings. The minimum atomic E-state index is -0.261. The third-order valence-electron chi connectivity index (χ3n) is 3.53. The summed E-state index contributed by atoms with van der Waals surface area (Å²) in [6.45, 7) is 0.836. The summed E-state index contributed by atoms with van der Waals surface area (Å²) in [5, 5.41) is 4.00. The lowest BCUT2D eigenvalue weighted by molar-refractivity contribution is 0.109. The van der Waals surface area contributed by atoms with E-state index in [0.29, 0.717) is 24.6 Å². The zero-order chi connectivity index (χ0) is 13.8. The van der Waals surface area contributed by atoms with Crippen molar-refractivity contribution in [1.82, 2.24) is 10.1 Å². The van der Waals surface area contributed by atoms with Crippen LogP contribution in [0.15, 0.2) is 34.9 Å². The molecule has 1 aromatic carbocycles. The average Bonchev–Trinajstić information content (AvgIpc) is 3.12. The SMILES string of the molecule is NC(Cc1ccccc1)c1nc(CC2CCCO2)no1. The summed E-state index contributed by atoms with van der Waals surface area (Å²) in [7, 11) is 0. The van der Waals surface area contributed by atoms with E-state index in [-0.39, 0.29) is 12.1 Å². The van der Waals surface area contributed by atoms with E-state index in [1.54, 1.807) is 0 Å². The highest BCUT2D eigenvalue weighted by molar-refractivity contribution is 5.16. The van der Waals surface area contributed by atoms with Crippen LogP contribution >= 0.6 is 0 Å². The second-order valence-electron chi connectivity index (χ2n) is 5.18. The first kappa shape index (κ1) is 13.3. The van der Waals surface area contributed by atoms with E-state index < -0.39 is 0 Å². The van der Waals surface area contributed by atoms with Crippen molar-refractivity contribution in [2.75, 3.05) is 6.61 Å². The fourth-order valence-electron chi connectivity index (χ4n) is 2.47. The Labute approximate surface area is 118 Å². The Morgan fingerprint density at radius 1 is 1.30 bits per heavy atom. The molecule has 1 aromatic heterocycles. The summed E-state index contributed by atoms with van der Waals surface area (Å²) in [6, 6.07) is 9.81. The summed E-state index contributed by atoms with van der Waals surface area (Å²) in [4.78, 5) is 4.39. The van der Waals surface area contributed by atoms with Gasteiger partial charge in [0.15, 0.2) is 5.82 Å². The van der Waals surface area contributed by atoms with Crippen LogP contribution in [0.5, 0.6) is 0 Å². The van der Waals surface area contributed by atoms with Crippen LogP contribution in [-0.4, -0.2) is 22.9 Å². The van der Waals surface area contributed by atoms with Crippen LogP contribution in [0.4, 0.5) is 0 Å². The molecule has 1 aliphatic rings. The van der Waals surface area contributed by atoms with E-state index in [4.69, 9.17) is 15.0 Å². The van der Waals surface area contributed by atoms with Gasteiger partial charge in [0.05, 0.1) is 12.1 Å². The van der Waals surface area contributed by atoms with Crippen LogP contribution in [0.2, 0.25) is 0 Å². The first-order valence-corrected chi connectivity index (χ1v) is 7.05. The van der Waals surface area contributed by atoms with E-state index >= 15 is 0 Å². The predicted molar refractivity (Wildman–Crippen MR) is 74.1 cm³/mol. The van der Waals surface area contributed by atoms with Gasteiger partial charge in [-0.3, -0.25) is 0 Å². The molecular formula is C15H19N3O2. The number of hydrogen-bond acceptors (Lipinski definition) is 5. The maximum absolute atomic E-state index is 6.12. The molecule has 0 amide bonds. The van der Waals surface area contributed by atoms with Crippen LogP contribution in [0.25, 0.3) is 0 Å². The lowest BCUT2D eigenvalue weighted by Gasteiger charge is -2.06. The topological polar surface area (TPSA) is 74.2 Å². The molecule has 2 atom stereocenters. The van der Waals surface area contributed by atoms with E-state index in [9.17, 15) is 0 Å². The molecule has 0 radical (unpaired) electrons. The molecule has 2 N–H and O–H groups in total. The molecule has 0 bridgehead atoms. The molecule has 0 aliphatic carbocycles. The van der Waals surface area contributed by atoms with Gasteiger partial charge in [-0.15, -0.1) is 0 Å². The Balaban J connectivity index is 1.60. The van der Waals surface area contributed by atoms with Gasteiger partial charge in [-0.25, -0.2) is 0 Å². The van der Waals surface area contributed by atoms with Gasteiger partial charge < -0.3 is 15.0 Å². The smallest absolute Gasteiger partial charge is 0.243 e. The number of hydrogen-bond donors (Lipinski definition) is 1. The number of rotatable bonds is 5. The average molecular weight is 273 g/mol. The number of benzene rings is 1. The van der Waals surface area contributed by atoms with Crippen molar-refractivity contribution in [3.05, 3.63) is 47.6 Å². The monoisotopic (exact) mass is 273 g/mol. The highest BCUT2D eigenvalue weighted by Crippen LogP contribution is 2.18. The van der Waals surface area contributed by atoms with Crippen LogP contribution in [-0.2, 0) is 17.6 Å². The van der Waals surface area contributed by atoms with Gasteiger partial charge in [0.25, 0.3) is 0 Å². The van der Waals surface area contributed by atoms with Gasteiger partial charge in [-0.1, -0.05) is 35.5 Å². The van der Waals surface area contributed by atoms with E-state index in [2.05, 4.69) is 10.1 Å². The zero-order valence-corrected chi connectivity index (χ0v) is 11.4. The minimum Gasteiger partial charge on any atom is -0.378 e. The summed E-state index contributed by atoms with van der Waals surface area (Å²) < 4.78 is 10.8. The van der Waals surface area contributed by atoms with Crippen LogP contribution in [0.1, 0.15) is 36.2 Å². The third-order valence-corrected chi connectivity index (χ3v) is 3.53. The lowest BCUT2D eigenvalue weighted by Crippen LogP contribution is -2.14. The fourth-order valence-corrected chi connectivity index (χ4v) is 2.47. The van der Waals surface area contributed by atoms with Crippen molar-refractivity contribution in [1.29, 1.82) is 0 Å². The maximum atomic E-state index is 6.12. The normalized spacial score (nSPS) is 20.1. The minimum absolute atomic E-state index is 0.228. The number of aromatic nitrogens is 2. The van der Waals surface area contributed by atoms with E-state index in [1.807, 2.05) is 30.3 Å². The highest BCUT2D eigenvalue weighted by atomic mass is 16.5. The summed E-state index contributed by atoms with van der Waals surface area (Å²) in [5.74, 6) is 1.19. The van der Waals surface area contributed by atoms with Crippen LogP contribution < -0.4 is 5.73 Å². The third kappa shape index (κ3) is 3.23. The Morgan fingerprint density at radius 2 is 2.15 bits per heavy atom. The van der Waals surface area contributed by atoms with Gasteiger partial charge in [0.2, 0.25) is 5.89 Å². The predicted octanol–water partition coefficient (Wildman–Crippen LogP) is 2.03. The van der Waals surface area contributed by atoms with E-state index in [0.717, 1.165) is 19.4 Å². The van der Waals surface area contributed by atoms with Gasteiger partial charge in [-0.05, 0) is 24.8 Å². The molecule has 106 valence electrons. The van der Waals surface area contributed by atoms with Crippen molar-refractivity contribution in [2.45, 2.75) is 37.8 Å². The highest BCUT2D eigenvalue weighted by Gasteiger charge is 2.21. The molecule has 5 nitrogen and oxygen atoms in total. The standard InChI is InChI=1S/C15H19N3O2/c16-13(9-11-5-2-1-3-6-11)15-17-14(18-20-15)10-12-7-4-8-19-12/h1-3,5-6,12-13H,4,7-10,16H2. The van der Waals surface area contributed by atoms with Crippen molar-refractivity contribution < 1.29 is 9.26 Å². The molecule has 5 heteroatoms. The molecule has 1 saturated heterocycles. The Bertz CT molecular complexity index is 535. The van der Waals surface area contributed by atoms with Crippen molar-refractivity contribution in [2.24, 2.45) is 5.73 Å². The van der Waals surface area contributed by atoms with E-state index in [1.165, 1.54) is 5.56 Å². The summed E-state index contributed by atoms with van der Waals surface area (Å²) in [5.41, 5.74) is 7.29. The molecule has 2 heterocycles. The van der Waals surface area contributed by atoms with Gasteiger partial charge in [0.1, 0.15) is 0 Å². The molecule has 0 saturated carbocycles. The zero-order valence-electron chi connectivity index (χ0n) is 11.4. The first-order valence-electron chi connectivity index (χ1n) is 7.05. The number of ether oxygens (including phenoxy) is 1. The molecule has 2 aromatic rings. The Morgan fingerprint density at radius 3 is 2.90 bits per heavy atom. The maximum Gasteiger partial charge on any atom is 0.243 e.